The van der Waals surface area contributed by atoms with E-state index in [-0.39, 0.29) is 0 Å². The summed E-state index contributed by atoms with van der Waals surface area (Å²) in [7, 11) is 0. The van der Waals surface area contributed by atoms with Crippen LogP contribution in [0.2, 0.25) is 0 Å². The molecular weight excluding hydrogens is 230 g/mol. The fraction of sp³-hybridized carbons (Fsp3) is 0.222. The largest absolute Gasteiger partial charge is 0.332 e. The van der Waals surface area contributed by atoms with Crippen LogP contribution >= 0.6 is 15.9 Å². The zero-order valence-electron chi connectivity index (χ0n) is 7.05. The minimum Gasteiger partial charge on any atom is -0.332 e. The van der Waals surface area contributed by atoms with Gasteiger partial charge in [0.2, 0.25) is 0 Å². The molecule has 0 bridgehead atoms. The number of nitrogens with two attached hydrogens (primary N) is 1. The number of hydrogen-bond acceptors (Lipinski definition) is 2. The van der Waals surface area contributed by atoms with Gasteiger partial charge in [-0.2, -0.15) is 0 Å². The van der Waals surface area contributed by atoms with Crippen LogP contribution < -0.4 is 5.73 Å². The molecule has 0 saturated carbocycles. The molecule has 0 aliphatic rings. The standard InChI is InChI=1S/C9H10BrN3/c10-9-12-7-2-1-6(3-4-11)5-8(7)13-9/h1-2,5H,3-4,11H2,(H,12,13). The van der Waals surface area contributed by atoms with Crippen LogP contribution in [0.3, 0.4) is 0 Å². The molecule has 68 valence electrons. The van der Waals surface area contributed by atoms with Gasteiger partial charge in [-0.25, -0.2) is 4.98 Å². The highest BCUT2D eigenvalue weighted by atomic mass is 79.9. The van der Waals surface area contributed by atoms with Crippen molar-refractivity contribution in [2.75, 3.05) is 6.54 Å². The summed E-state index contributed by atoms with van der Waals surface area (Å²) in [6.07, 6.45) is 0.909. The molecule has 13 heavy (non-hydrogen) atoms. The lowest BCUT2D eigenvalue weighted by atomic mass is 10.1. The van der Waals surface area contributed by atoms with Gasteiger partial charge in [-0.3, -0.25) is 0 Å². The molecule has 1 aromatic heterocycles. The topological polar surface area (TPSA) is 54.7 Å². The molecule has 0 aliphatic carbocycles. The van der Waals surface area contributed by atoms with Gasteiger partial charge >= 0.3 is 0 Å². The molecule has 0 saturated heterocycles. The number of aromatic nitrogens is 2. The number of imidazole rings is 1. The first-order chi connectivity index (χ1) is 6.29. The van der Waals surface area contributed by atoms with Gasteiger partial charge in [-0.15, -0.1) is 0 Å². The van der Waals surface area contributed by atoms with E-state index in [4.69, 9.17) is 5.73 Å². The maximum atomic E-state index is 5.47. The molecule has 0 atom stereocenters. The summed E-state index contributed by atoms with van der Waals surface area (Å²) >= 11 is 3.30. The van der Waals surface area contributed by atoms with Gasteiger partial charge in [0.1, 0.15) is 0 Å². The van der Waals surface area contributed by atoms with E-state index >= 15 is 0 Å². The van der Waals surface area contributed by atoms with Gasteiger partial charge in [0, 0.05) is 0 Å². The summed E-state index contributed by atoms with van der Waals surface area (Å²) in [4.78, 5) is 7.37. The Labute approximate surface area is 84.5 Å². The molecule has 2 aromatic rings. The molecule has 0 amide bonds. The van der Waals surface area contributed by atoms with Crippen LogP contribution in [-0.4, -0.2) is 16.5 Å². The van der Waals surface area contributed by atoms with Gasteiger partial charge in [0.15, 0.2) is 4.73 Å². The number of H-pyrrole nitrogens is 1. The molecule has 2 rings (SSSR count). The maximum Gasteiger partial charge on any atom is 0.175 e. The van der Waals surface area contributed by atoms with Crippen molar-refractivity contribution in [3.05, 3.63) is 28.5 Å². The molecule has 0 aliphatic heterocycles. The second-order valence-corrected chi connectivity index (χ2v) is 3.67. The first-order valence-corrected chi connectivity index (χ1v) is 4.93. The van der Waals surface area contributed by atoms with Crippen LogP contribution in [0.15, 0.2) is 22.9 Å². The lowest BCUT2D eigenvalue weighted by molar-refractivity contribution is 0.970. The van der Waals surface area contributed by atoms with Crippen molar-refractivity contribution < 1.29 is 0 Å². The zero-order valence-corrected chi connectivity index (χ0v) is 8.63. The number of aromatic amines is 1. The average Bonchev–Trinajstić information content (AvgIpc) is 2.44. The molecule has 1 aromatic carbocycles. The molecule has 0 spiro atoms. The highest BCUT2D eigenvalue weighted by Crippen LogP contribution is 2.16. The molecular formula is C9H10BrN3. The van der Waals surface area contributed by atoms with E-state index in [0.717, 1.165) is 22.2 Å². The number of nitrogens with zero attached hydrogens (tertiary/aromatic N) is 1. The van der Waals surface area contributed by atoms with E-state index in [1.807, 2.05) is 6.07 Å². The summed E-state index contributed by atoms with van der Waals surface area (Å²) in [5.41, 5.74) is 8.75. The number of halogens is 1. The SMILES string of the molecule is NCCc1ccc2nc(Br)[nH]c2c1. The Morgan fingerprint density at radius 1 is 1.46 bits per heavy atom. The molecule has 0 radical (unpaired) electrons. The van der Waals surface area contributed by atoms with Gasteiger partial charge in [-0.05, 0) is 46.6 Å². The minimum absolute atomic E-state index is 0.681. The van der Waals surface area contributed by atoms with Crippen molar-refractivity contribution >= 4 is 27.0 Å². The number of benzene rings is 1. The van der Waals surface area contributed by atoms with Crippen LogP contribution in [0.1, 0.15) is 5.56 Å². The summed E-state index contributed by atoms with van der Waals surface area (Å²) in [5.74, 6) is 0. The van der Waals surface area contributed by atoms with E-state index in [0.29, 0.717) is 6.54 Å². The Bertz CT molecular complexity index is 422. The Kier molecular flexibility index (Phi) is 2.33. The summed E-state index contributed by atoms with van der Waals surface area (Å²) in [6, 6.07) is 6.14. The first-order valence-electron chi connectivity index (χ1n) is 4.14. The number of fused-ring (bicyclic) bond motifs is 1. The second kappa shape index (κ2) is 3.47. The predicted octanol–water partition coefficient (Wildman–Crippen LogP) is 1.83. The third-order valence-corrected chi connectivity index (χ3v) is 2.33. The third kappa shape index (κ3) is 1.73. The Balaban J connectivity index is 2.48. The van der Waals surface area contributed by atoms with Crippen molar-refractivity contribution in [2.45, 2.75) is 6.42 Å². The van der Waals surface area contributed by atoms with Crippen LogP contribution in [0, 0.1) is 0 Å². The van der Waals surface area contributed by atoms with E-state index in [9.17, 15) is 0 Å². The van der Waals surface area contributed by atoms with Crippen molar-refractivity contribution in [3.8, 4) is 0 Å². The number of rotatable bonds is 2. The van der Waals surface area contributed by atoms with Crippen LogP contribution in [0.4, 0.5) is 0 Å². The highest BCUT2D eigenvalue weighted by Gasteiger charge is 2.00. The number of hydrogen-bond donors (Lipinski definition) is 2. The average molecular weight is 240 g/mol. The summed E-state index contributed by atoms with van der Waals surface area (Å²) < 4.78 is 0.771. The molecule has 0 fully saturated rings. The third-order valence-electron chi connectivity index (χ3n) is 1.95. The van der Waals surface area contributed by atoms with Crippen LogP contribution in [-0.2, 0) is 6.42 Å². The van der Waals surface area contributed by atoms with Crippen molar-refractivity contribution in [1.29, 1.82) is 0 Å². The van der Waals surface area contributed by atoms with E-state index in [1.54, 1.807) is 0 Å². The lowest BCUT2D eigenvalue weighted by Crippen LogP contribution is -2.02. The second-order valence-electron chi connectivity index (χ2n) is 2.92. The van der Waals surface area contributed by atoms with Gasteiger partial charge < -0.3 is 10.7 Å². The Hall–Kier alpha value is -0.870. The smallest absolute Gasteiger partial charge is 0.175 e. The van der Waals surface area contributed by atoms with Crippen molar-refractivity contribution in [3.63, 3.8) is 0 Å². The Morgan fingerprint density at radius 2 is 2.31 bits per heavy atom. The molecule has 1 heterocycles. The lowest BCUT2D eigenvalue weighted by Gasteiger charge is -1.96. The fourth-order valence-electron chi connectivity index (χ4n) is 1.35. The fourth-order valence-corrected chi connectivity index (χ4v) is 1.75. The normalized spacial score (nSPS) is 10.9. The van der Waals surface area contributed by atoms with Crippen molar-refractivity contribution in [1.82, 2.24) is 9.97 Å². The number of nitrogens with one attached hydrogen (secondary N) is 1. The minimum atomic E-state index is 0.681. The molecule has 4 heteroatoms. The quantitative estimate of drug-likeness (QED) is 0.841. The van der Waals surface area contributed by atoms with Crippen molar-refractivity contribution in [2.24, 2.45) is 5.73 Å². The van der Waals surface area contributed by atoms with Gasteiger partial charge in [0.25, 0.3) is 0 Å². The van der Waals surface area contributed by atoms with E-state index in [2.05, 4.69) is 38.0 Å². The predicted molar refractivity (Wildman–Crippen MR) is 56.6 cm³/mol. The highest BCUT2D eigenvalue weighted by molar-refractivity contribution is 9.10. The molecule has 3 N–H and O–H groups in total. The zero-order chi connectivity index (χ0) is 9.26. The monoisotopic (exact) mass is 239 g/mol. The Morgan fingerprint density at radius 3 is 3.08 bits per heavy atom. The van der Waals surface area contributed by atoms with Gasteiger partial charge in [-0.1, -0.05) is 6.07 Å². The van der Waals surface area contributed by atoms with Crippen LogP contribution in [0.25, 0.3) is 11.0 Å². The molecule has 0 unspecified atom stereocenters. The van der Waals surface area contributed by atoms with E-state index < -0.39 is 0 Å². The first kappa shape index (κ1) is 8.72. The summed E-state index contributed by atoms with van der Waals surface area (Å²) in [5, 5.41) is 0. The van der Waals surface area contributed by atoms with Crippen LogP contribution in [0.5, 0.6) is 0 Å². The molecule has 3 nitrogen and oxygen atoms in total. The summed E-state index contributed by atoms with van der Waals surface area (Å²) in [6.45, 7) is 0.681. The van der Waals surface area contributed by atoms with Gasteiger partial charge in [0.05, 0.1) is 11.0 Å². The van der Waals surface area contributed by atoms with E-state index in [1.165, 1.54) is 5.56 Å². The maximum absolute atomic E-state index is 5.47.